The lowest BCUT2D eigenvalue weighted by atomic mass is 10.1. The van der Waals surface area contributed by atoms with Gasteiger partial charge in [-0.15, -0.1) is 0 Å². The van der Waals surface area contributed by atoms with Crippen molar-refractivity contribution >= 4 is 11.9 Å². The van der Waals surface area contributed by atoms with Gasteiger partial charge in [0.1, 0.15) is 12.2 Å². The van der Waals surface area contributed by atoms with Crippen molar-refractivity contribution in [2.24, 2.45) is 0 Å². The van der Waals surface area contributed by atoms with Crippen LogP contribution in [0.15, 0.2) is 0 Å². The van der Waals surface area contributed by atoms with Crippen LogP contribution in [0.4, 0.5) is 0 Å². The van der Waals surface area contributed by atoms with Crippen molar-refractivity contribution in [3.05, 3.63) is 0 Å². The monoisotopic (exact) mass is 714 g/mol. The highest BCUT2D eigenvalue weighted by atomic mass is 16.5. The third-order valence-corrected chi connectivity index (χ3v) is 9.92. The molecule has 0 saturated carbocycles. The van der Waals surface area contributed by atoms with Gasteiger partial charge in [-0.25, -0.2) is 0 Å². The van der Waals surface area contributed by atoms with Crippen LogP contribution in [-0.2, 0) is 19.1 Å². The van der Waals surface area contributed by atoms with Crippen molar-refractivity contribution in [3.63, 3.8) is 0 Å². The minimum absolute atomic E-state index is 0.0320. The minimum Gasteiger partial charge on any atom is -0.462 e. The molecule has 0 aliphatic rings. The Bertz CT molecular complexity index is 696. The Morgan fingerprint density at radius 1 is 0.500 bits per heavy atom. The van der Waals surface area contributed by atoms with Gasteiger partial charge in [0, 0.05) is 32.5 Å². The van der Waals surface area contributed by atoms with Crippen molar-refractivity contribution in [2.45, 2.75) is 232 Å². The predicted octanol–water partition coefficient (Wildman–Crippen LogP) is 9.83. The van der Waals surface area contributed by atoms with Crippen molar-refractivity contribution in [1.82, 2.24) is 4.90 Å². The van der Waals surface area contributed by atoms with E-state index in [1.807, 2.05) is 0 Å². The number of aliphatic hydroxyl groups excluding tert-OH is 3. The second kappa shape index (κ2) is 36.2. The predicted molar refractivity (Wildman–Crippen MR) is 207 cm³/mol. The Morgan fingerprint density at radius 3 is 1.28 bits per heavy atom. The SMILES string of the molecule is CCCCCCCCC(CC)OC(=O)CCCCCC(O)CN(CCCCO)CC(O)CCCCCC(=O)OC(CC)CCCCCCCC. The first-order valence-electron chi connectivity index (χ1n) is 21.4. The van der Waals surface area contributed by atoms with Crippen molar-refractivity contribution in [2.75, 3.05) is 26.2 Å². The number of carbonyl (C=O) groups is 2. The average molecular weight is 714 g/mol. The van der Waals surface area contributed by atoms with E-state index in [1.165, 1.54) is 64.2 Å². The third-order valence-electron chi connectivity index (χ3n) is 9.92. The van der Waals surface area contributed by atoms with E-state index in [9.17, 15) is 24.9 Å². The molecule has 4 atom stereocenters. The van der Waals surface area contributed by atoms with Gasteiger partial charge in [-0.2, -0.15) is 0 Å². The normalized spacial score (nSPS) is 14.1. The fourth-order valence-corrected chi connectivity index (χ4v) is 6.62. The molecule has 0 bridgehead atoms. The lowest BCUT2D eigenvalue weighted by Crippen LogP contribution is -2.38. The summed E-state index contributed by atoms with van der Waals surface area (Å²) in [5.41, 5.74) is 0. The fraction of sp³-hybridized carbons (Fsp3) is 0.952. The first-order valence-corrected chi connectivity index (χ1v) is 21.4. The van der Waals surface area contributed by atoms with Crippen LogP contribution in [0.1, 0.15) is 207 Å². The molecule has 4 unspecified atom stereocenters. The Morgan fingerprint density at radius 2 is 0.880 bits per heavy atom. The molecule has 298 valence electrons. The summed E-state index contributed by atoms with van der Waals surface area (Å²) in [7, 11) is 0. The first kappa shape index (κ1) is 48.8. The number of hydrogen-bond acceptors (Lipinski definition) is 8. The molecule has 8 nitrogen and oxygen atoms in total. The molecule has 0 heterocycles. The molecular weight excluding hydrogens is 630 g/mol. The second-order valence-corrected chi connectivity index (χ2v) is 14.8. The van der Waals surface area contributed by atoms with Gasteiger partial charge in [-0.05, 0) is 83.6 Å². The number of aliphatic hydroxyl groups is 3. The molecule has 0 rings (SSSR count). The molecule has 0 fully saturated rings. The quantitative estimate of drug-likeness (QED) is 0.0428. The Hall–Kier alpha value is -1.22. The van der Waals surface area contributed by atoms with E-state index in [0.29, 0.717) is 45.2 Å². The standard InChI is InChI=1S/C42H83NO7/c1-5-9-11-13-15-21-29-39(7-3)49-41(47)31-23-17-19-27-37(45)35-43(33-25-26-34-44)36-38(46)28-20-18-24-32-42(48)50-40(8-4)30-22-16-14-12-10-6-2/h37-40,44-46H,5-36H2,1-4H3. The van der Waals surface area contributed by atoms with Crippen LogP contribution in [0, 0.1) is 0 Å². The summed E-state index contributed by atoms with van der Waals surface area (Å²) in [5, 5.41) is 30.8. The molecule has 0 aromatic rings. The van der Waals surface area contributed by atoms with E-state index in [4.69, 9.17) is 9.47 Å². The van der Waals surface area contributed by atoms with Gasteiger partial charge in [-0.3, -0.25) is 14.5 Å². The maximum Gasteiger partial charge on any atom is 0.306 e. The van der Waals surface area contributed by atoms with Gasteiger partial charge in [-0.1, -0.05) is 118 Å². The zero-order chi connectivity index (χ0) is 37.1. The topological polar surface area (TPSA) is 117 Å². The number of unbranched alkanes of at least 4 members (excludes halogenated alkanes) is 15. The lowest BCUT2D eigenvalue weighted by Gasteiger charge is -2.27. The fourth-order valence-electron chi connectivity index (χ4n) is 6.62. The van der Waals surface area contributed by atoms with E-state index < -0.39 is 12.2 Å². The molecule has 0 aromatic heterocycles. The number of carbonyl (C=O) groups excluding carboxylic acids is 2. The van der Waals surface area contributed by atoms with Gasteiger partial charge in [0.05, 0.1) is 12.2 Å². The maximum atomic E-state index is 12.4. The summed E-state index contributed by atoms with van der Waals surface area (Å²) in [6.45, 7) is 10.5. The van der Waals surface area contributed by atoms with Crippen LogP contribution in [0.3, 0.4) is 0 Å². The first-order chi connectivity index (χ1) is 24.3. The van der Waals surface area contributed by atoms with E-state index in [-0.39, 0.29) is 30.8 Å². The van der Waals surface area contributed by atoms with Crippen LogP contribution < -0.4 is 0 Å². The van der Waals surface area contributed by atoms with Crippen molar-refractivity contribution < 1.29 is 34.4 Å². The van der Waals surface area contributed by atoms with E-state index >= 15 is 0 Å². The number of esters is 2. The average Bonchev–Trinajstić information content (AvgIpc) is 3.09. The van der Waals surface area contributed by atoms with Gasteiger partial charge < -0.3 is 24.8 Å². The van der Waals surface area contributed by atoms with Gasteiger partial charge >= 0.3 is 11.9 Å². The van der Waals surface area contributed by atoms with Crippen LogP contribution >= 0.6 is 0 Å². The third kappa shape index (κ3) is 31.5. The summed E-state index contributed by atoms with van der Waals surface area (Å²) >= 11 is 0. The largest absolute Gasteiger partial charge is 0.462 e. The molecule has 0 aliphatic carbocycles. The van der Waals surface area contributed by atoms with Crippen LogP contribution in [0.5, 0.6) is 0 Å². The Kier molecular flexibility index (Phi) is 35.3. The van der Waals surface area contributed by atoms with E-state index in [2.05, 4.69) is 32.6 Å². The molecule has 0 aromatic carbocycles. The number of nitrogens with zero attached hydrogens (tertiary/aromatic N) is 1. The number of rotatable bonds is 38. The molecule has 0 saturated heterocycles. The lowest BCUT2D eigenvalue weighted by molar-refractivity contribution is -0.150. The molecule has 0 radical (unpaired) electrons. The molecular formula is C42H83NO7. The number of hydrogen-bond donors (Lipinski definition) is 3. The van der Waals surface area contributed by atoms with Crippen molar-refractivity contribution in [3.8, 4) is 0 Å². The second-order valence-electron chi connectivity index (χ2n) is 14.8. The Balaban J connectivity index is 4.24. The molecule has 0 spiro atoms. The smallest absolute Gasteiger partial charge is 0.306 e. The Labute approximate surface area is 308 Å². The summed E-state index contributed by atoms with van der Waals surface area (Å²) in [6, 6.07) is 0. The highest BCUT2D eigenvalue weighted by Gasteiger charge is 2.17. The molecule has 3 N–H and O–H groups in total. The highest BCUT2D eigenvalue weighted by Crippen LogP contribution is 2.17. The van der Waals surface area contributed by atoms with Crippen molar-refractivity contribution in [1.29, 1.82) is 0 Å². The summed E-state index contributed by atoms with van der Waals surface area (Å²) in [4.78, 5) is 26.9. The molecule has 8 heteroatoms. The summed E-state index contributed by atoms with van der Waals surface area (Å²) in [6.07, 6.45) is 26.3. The molecule has 50 heavy (non-hydrogen) atoms. The maximum absolute atomic E-state index is 12.4. The van der Waals surface area contributed by atoms with Gasteiger partial charge in [0.2, 0.25) is 0 Å². The summed E-state index contributed by atoms with van der Waals surface area (Å²) < 4.78 is 11.5. The van der Waals surface area contributed by atoms with Gasteiger partial charge in [0.15, 0.2) is 0 Å². The van der Waals surface area contributed by atoms with E-state index in [1.54, 1.807) is 0 Å². The molecule has 0 aliphatic heterocycles. The molecule has 0 amide bonds. The zero-order valence-electron chi connectivity index (χ0n) is 33.4. The minimum atomic E-state index is -0.496. The zero-order valence-corrected chi connectivity index (χ0v) is 33.4. The van der Waals surface area contributed by atoms with Gasteiger partial charge in [0.25, 0.3) is 0 Å². The summed E-state index contributed by atoms with van der Waals surface area (Å²) in [5.74, 6) is -0.201. The van der Waals surface area contributed by atoms with Crippen LogP contribution in [-0.4, -0.2) is 82.8 Å². The highest BCUT2D eigenvalue weighted by molar-refractivity contribution is 5.69. The van der Waals surface area contributed by atoms with Crippen LogP contribution in [0.25, 0.3) is 0 Å². The number of ether oxygens (including phenoxy) is 2. The van der Waals surface area contributed by atoms with E-state index in [0.717, 1.165) is 90.0 Å². The van der Waals surface area contributed by atoms with Crippen LogP contribution in [0.2, 0.25) is 0 Å².